The molecule has 1 aromatic heterocycles. The van der Waals surface area contributed by atoms with Crippen molar-refractivity contribution in [3.63, 3.8) is 0 Å². The minimum atomic E-state index is -0.219. The number of amides is 1. The number of benzene rings is 2. The SMILES string of the molecule is C=CC(=O)NCCc1cc(CCCCCCCCC)cc(-n2nc3ccccc3n2)c1O. The summed E-state index contributed by atoms with van der Waals surface area (Å²) in [5.41, 5.74) is 4.07. The fourth-order valence-corrected chi connectivity index (χ4v) is 3.88. The number of aromatic nitrogens is 3. The normalized spacial score (nSPS) is 11.0. The molecule has 0 aliphatic heterocycles. The first kappa shape index (κ1) is 23.5. The first-order valence-corrected chi connectivity index (χ1v) is 11.7. The Morgan fingerprint density at radius 2 is 1.69 bits per heavy atom. The lowest BCUT2D eigenvalue weighted by Crippen LogP contribution is -2.23. The number of aromatic hydroxyl groups is 1. The molecule has 3 rings (SSSR count). The summed E-state index contributed by atoms with van der Waals surface area (Å²) in [6, 6.07) is 11.7. The number of aryl methyl sites for hydroxylation is 1. The molecule has 1 amide bonds. The zero-order chi connectivity index (χ0) is 22.8. The Balaban J connectivity index is 1.77. The molecule has 0 saturated carbocycles. The molecule has 1 heterocycles. The van der Waals surface area contributed by atoms with Crippen LogP contribution < -0.4 is 5.32 Å². The average molecular weight is 435 g/mol. The van der Waals surface area contributed by atoms with Gasteiger partial charge in [-0.05, 0) is 54.7 Å². The number of carbonyl (C=O) groups is 1. The maximum absolute atomic E-state index is 11.5. The van der Waals surface area contributed by atoms with E-state index in [1.54, 1.807) is 0 Å². The van der Waals surface area contributed by atoms with E-state index in [-0.39, 0.29) is 11.7 Å². The van der Waals surface area contributed by atoms with Crippen molar-refractivity contribution in [1.29, 1.82) is 0 Å². The van der Waals surface area contributed by atoms with Crippen molar-refractivity contribution in [3.8, 4) is 11.4 Å². The zero-order valence-corrected chi connectivity index (χ0v) is 19.0. The molecule has 0 spiro atoms. The van der Waals surface area contributed by atoms with Crippen LogP contribution in [0.25, 0.3) is 16.7 Å². The lowest BCUT2D eigenvalue weighted by molar-refractivity contribution is -0.116. The van der Waals surface area contributed by atoms with Gasteiger partial charge in [0.1, 0.15) is 22.5 Å². The van der Waals surface area contributed by atoms with Crippen LogP contribution >= 0.6 is 0 Å². The largest absolute Gasteiger partial charge is 0.505 e. The first-order valence-electron chi connectivity index (χ1n) is 11.7. The van der Waals surface area contributed by atoms with Gasteiger partial charge >= 0.3 is 0 Å². The Labute approximate surface area is 190 Å². The lowest BCUT2D eigenvalue weighted by Gasteiger charge is -2.13. The number of nitrogens with zero attached hydrogens (tertiary/aromatic N) is 3. The third-order valence-corrected chi connectivity index (χ3v) is 5.68. The minimum absolute atomic E-state index is 0.154. The van der Waals surface area contributed by atoms with E-state index in [0.29, 0.717) is 18.7 Å². The number of nitrogens with one attached hydrogen (secondary N) is 1. The van der Waals surface area contributed by atoms with E-state index in [9.17, 15) is 9.90 Å². The molecular formula is C26H34N4O2. The smallest absolute Gasteiger partial charge is 0.243 e. The summed E-state index contributed by atoms with van der Waals surface area (Å²) in [4.78, 5) is 13.0. The molecule has 0 atom stereocenters. The number of carbonyl (C=O) groups excluding carboxylic acids is 1. The standard InChI is InChI=1S/C26H34N4O2/c1-3-5-6-7-8-9-10-13-20-18-21(16-17-27-25(31)4-2)26(32)24(19-20)30-28-22-14-11-12-15-23(22)29-30/h4,11-12,14-15,18-19,32H,2-3,5-10,13,16-17H2,1H3,(H,27,31). The average Bonchev–Trinajstić information content (AvgIpc) is 3.24. The fourth-order valence-electron chi connectivity index (χ4n) is 3.88. The van der Waals surface area contributed by atoms with Gasteiger partial charge in [-0.1, -0.05) is 70.2 Å². The Bertz CT molecular complexity index is 1010. The third kappa shape index (κ3) is 6.42. The van der Waals surface area contributed by atoms with Crippen LogP contribution in [0.5, 0.6) is 5.75 Å². The van der Waals surface area contributed by atoms with Crippen LogP contribution in [0, 0.1) is 0 Å². The first-order chi connectivity index (χ1) is 15.6. The monoisotopic (exact) mass is 434 g/mol. The summed E-state index contributed by atoms with van der Waals surface area (Å²) >= 11 is 0. The van der Waals surface area contributed by atoms with E-state index >= 15 is 0 Å². The Kier molecular flexibility index (Phi) is 8.84. The Hall–Kier alpha value is -3.15. The van der Waals surface area contributed by atoms with Crippen molar-refractivity contribution < 1.29 is 9.90 Å². The minimum Gasteiger partial charge on any atom is -0.505 e. The maximum Gasteiger partial charge on any atom is 0.243 e. The van der Waals surface area contributed by atoms with Gasteiger partial charge in [0.15, 0.2) is 0 Å². The van der Waals surface area contributed by atoms with Crippen molar-refractivity contribution in [2.24, 2.45) is 0 Å². The Morgan fingerprint density at radius 3 is 2.34 bits per heavy atom. The molecule has 32 heavy (non-hydrogen) atoms. The van der Waals surface area contributed by atoms with Crippen LogP contribution in [0.1, 0.15) is 63.0 Å². The molecule has 3 aromatic rings. The number of rotatable bonds is 13. The number of unbranched alkanes of at least 4 members (excludes halogenated alkanes) is 6. The highest BCUT2D eigenvalue weighted by Crippen LogP contribution is 2.29. The summed E-state index contributed by atoms with van der Waals surface area (Å²) in [5, 5.41) is 22.8. The molecule has 0 unspecified atom stereocenters. The quantitative estimate of drug-likeness (QED) is 0.284. The molecule has 0 saturated heterocycles. The van der Waals surface area contributed by atoms with Gasteiger partial charge in [-0.25, -0.2) is 0 Å². The van der Waals surface area contributed by atoms with E-state index in [4.69, 9.17) is 0 Å². The molecule has 0 aliphatic rings. The molecule has 6 nitrogen and oxygen atoms in total. The zero-order valence-electron chi connectivity index (χ0n) is 19.0. The number of hydrogen-bond acceptors (Lipinski definition) is 4. The molecule has 6 heteroatoms. The number of phenols is 1. The second-order valence-electron chi connectivity index (χ2n) is 8.22. The van der Waals surface area contributed by atoms with Gasteiger partial charge in [0, 0.05) is 6.54 Å². The van der Waals surface area contributed by atoms with Gasteiger partial charge in [-0.2, -0.15) is 0 Å². The van der Waals surface area contributed by atoms with Crippen molar-refractivity contribution in [1.82, 2.24) is 20.3 Å². The van der Waals surface area contributed by atoms with Crippen molar-refractivity contribution in [2.45, 2.75) is 64.7 Å². The van der Waals surface area contributed by atoms with E-state index < -0.39 is 0 Å². The highest BCUT2D eigenvalue weighted by Gasteiger charge is 2.15. The van der Waals surface area contributed by atoms with E-state index in [1.165, 1.54) is 49.4 Å². The van der Waals surface area contributed by atoms with Gasteiger partial charge in [0.2, 0.25) is 5.91 Å². The highest BCUT2D eigenvalue weighted by atomic mass is 16.3. The summed E-state index contributed by atoms with van der Waals surface area (Å²) < 4.78 is 0. The van der Waals surface area contributed by atoms with Crippen molar-refractivity contribution >= 4 is 16.9 Å². The van der Waals surface area contributed by atoms with Crippen LogP contribution in [-0.4, -0.2) is 32.6 Å². The second-order valence-corrected chi connectivity index (χ2v) is 8.22. The molecule has 2 N–H and O–H groups in total. The number of fused-ring (bicyclic) bond motifs is 1. The Morgan fingerprint density at radius 1 is 1.03 bits per heavy atom. The van der Waals surface area contributed by atoms with E-state index in [1.807, 2.05) is 36.4 Å². The summed E-state index contributed by atoms with van der Waals surface area (Å²) in [6.45, 7) is 6.14. The molecule has 2 aromatic carbocycles. The predicted octanol–water partition coefficient (Wildman–Crippen LogP) is 5.26. The maximum atomic E-state index is 11.5. The molecule has 0 radical (unpaired) electrons. The summed E-state index contributed by atoms with van der Waals surface area (Å²) in [5.74, 6) is -0.0644. The van der Waals surface area contributed by atoms with Gasteiger partial charge in [-0.3, -0.25) is 4.79 Å². The highest BCUT2D eigenvalue weighted by molar-refractivity contribution is 5.86. The number of hydrogen-bond donors (Lipinski definition) is 2. The molecule has 170 valence electrons. The molecule has 0 aliphatic carbocycles. The molecule has 0 bridgehead atoms. The van der Waals surface area contributed by atoms with Crippen molar-refractivity contribution in [3.05, 3.63) is 60.2 Å². The number of phenolic OH excluding ortho intramolecular Hbond substituents is 1. The van der Waals surface area contributed by atoms with Gasteiger partial charge in [0.05, 0.1) is 0 Å². The summed E-state index contributed by atoms with van der Waals surface area (Å²) in [6.07, 6.45) is 11.5. The topological polar surface area (TPSA) is 80.0 Å². The second kappa shape index (κ2) is 12.0. The van der Waals surface area contributed by atoms with Crippen LogP contribution in [-0.2, 0) is 17.6 Å². The molecular weight excluding hydrogens is 400 g/mol. The van der Waals surface area contributed by atoms with Crippen molar-refractivity contribution in [2.75, 3.05) is 6.54 Å². The van der Waals surface area contributed by atoms with Gasteiger partial charge in [-0.15, -0.1) is 15.0 Å². The van der Waals surface area contributed by atoms with E-state index in [0.717, 1.165) is 35.0 Å². The van der Waals surface area contributed by atoms with Crippen LogP contribution in [0.4, 0.5) is 0 Å². The summed E-state index contributed by atoms with van der Waals surface area (Å²) in [7, 11) is 0. The lowest BCUT2D eigenvalue weighted by atomic mass is 10.00. The molecule has 0 fully saturated rings. The third-order valence-electron chi connectivity index (χ3n) is 5.68. The van der Waals surface area contributed by atoms with Crippen LogP contribution in [0.2, 0.25) is 0 Å². The fraction of sp³-hybridized carbons (Fsp3) is 0.423. The van der Waals surface area contributed by atoms with Crippen LogP contribution in [0.3, 0.4) is 0 Å². The van der Waals surface area contributed by atoms with Crippen LogP contribution in [0.15, 0.2) is 49.1 Å². The predicted molar refractivity (Wildman–Crippen MR) is 129 cm³/mol. The van der Waals surface area contributed by atoms with Gasteiger partial charge in [0.25, 0.3) is 0 Å². The van der Waals surface area contributed by atoms with Gasteiger partial charge < -0.3 is 10.4 Å². The van der Waals surface area contributed by atoms with E-state index in [2.05, 4.69) is 29.0 Å².